The Balaban J connectivity index is 1.57. The Kier molecular flexibility index (Phi) is 4.13. The van der Waals surface area contributed by atoms with Gasteiger partial charge in [0.25, 0.3) is 0 Å². The molecule has 134 valence electrons. The van der Waals surface area contributed by atoms with E-state index in [4.69, 9.17) is 9.84 Å². The van der Waals surface area contributed by atoms with E-state index in [0.29, 0.717) is 0 Å². The average molecular weight is 372 g/mol. The molecule has 0 saturated carbocycles. The fourth-order valence-corrected chi connectivity index (χ4v) is 4.24. The third-order valence-electron chi connectivity index (χ3n) is 5.21. The van der Waals surface area contributed by atoms with Crippen LogP contribution in [0.25, 0.3) is 0 Å². The van der Waals surface area contributed by atoms with Crippen molar-refractivity contribution in [3.05, 3.63) is 95.6 Å². The van der Waals surface area contributed by atoms with E-state index in [9.17, 15) is 0 Å². The van der Waals surface area contributed by atoms with Crippen LogP contribution in [0.5, 0.6) is 5.75 Å². The zero-order chi connectivity index (χ0) is 18.2. The molecule has 0 spiro atoms. The Hall–Kier alpha value is -2.72. The van der Waals surface area contributed by atoms with Gasteiger partial charge in [0, 0.05) is 22.4 Å². The van der Waals surface area contributed by atoms with Crippen molar-refractivity contribution in [2.75, 3.05) is 6.26 Å². The van der Waals surface area contributed by atoms with Crippen molar-refractivity contribution in [2.45, 2.75) is 23.6 Å². The van der Waals surface area contributed by atoms with E-state index in [0.717, 1.165) is 23.4 Å². The zero-order valence-corrected chi connectivity index (χ0v) is 15.9. The molecule has 2 heterocycles. The fraction of sp³-hybridized carbons (Fsp3) is 0.174. The summed E-state index contributed by atoms with van der Waals surface area (Å²) in [5.41, 5.74) is 4.64. The Bertz CT molecular complexity index is 985. The summed E-state index contributed by atoms with van der Waals surface area (Å²) >= 11 is 1.75. The molecule has 3 nitrogen and oxygen atoms in total. The van der Waals surface area contributed by atoms with Crippen molar-refractivity contribution in [3.8, 4) is 5.75 Å². The van der Waals surface area contributed by atoms with Gasteiger partial charge in [-0.15, -0.1) is 11.8 Å². The molecule has 2 aliphatic heterocycles. The fourth-order valence-electron chi connectivity index (χ4n) is 3.83. The van der Waals surface area contributed by atoms with Gasteiger partial charge in [-0.2, -0.15) is 5.10 Å². The number of benzene rings is 3. The molecule has 0 fully saturated rings. The van der Waals surface area contributed by atoms with Crippen molar-refractivity contribution >= 4 is 17.5 Å². The van der Waals surface area contributed by atoms with E-state index < -0.39 is 0 Å². The topological polar surface area (TPSA) is 24.8 Å². The highest BCUT2D eigenvalue weighted by Crippen LogP contribution is 2.47. The third kappa shape index (κ3) is 2.90. The minimum atomic E-state index is -0.206. The largest absolute Gasteiger partial charge is 0.464 e. The molecule has 0 radical (unpaired) electrons. The molecule has 3 aromatic carbocycles. The van der Waals surface area contributed by atoms with Gasteiger partial charge in [-0.3, -0.25) is 0 Å². The second kappa shape index (κ2) is 6.78. The first kappa shape index (κ1) is 16.5. The van der Waals surface area contributed by atoms with Gasteiger partial charge >= 0.3 is 0 Å². The van der Waals surface area contributed by atoms with Gasteiger partial charge in [0.15, 0.2) is 0 Å². The first-order valence-corrected chi connectivity index (χ1v) is 10.4. The molecule has 0 saturated heterocycles. The van der Waals surface area contributed by atoms with Gasteiger partial charge in [0.2, 0.25) is 6.23 Å². The van der Waals surface area contributed by atoms with E-state index in [2.05, 4.69) is 78.0 Å². The Morgan fingerprint density at radius 3 is 2.44 bits per heavy atom. The van der Waals surface area contributed by atoms with Gasteiger partial charge in [0.1, 0.15) is 5.75 Å². The summed E-state index contributed by atoms with van der Waals surface area (Å²) in [5, 5.41) is 7.14. The molecule has 0 aromatic heterocycles. The number of nitrogens with zero attached hydrogens (tertiary/aromatic N) is 2. The van der Waals surface area contributed by atoms with Crippen molar-refractivity contribution in [1.29, 1.82) is 0 Å². The van der Waals surface area contributed by atoms with Crippen LogP contribution >= 0.6 is 11.8 Å². The Morgan fingerprint density at radius 1 is 0.926 bits per heavy atom. The minimum Gasteiger partial charge on any atom is -0.464 e. The molecule has 0 N–H and O–H groups in total. The molecule has 0 aliphatic carbocycles. The lowest BCUT2D eigenvalue weighted by Gasteiger charge is -2.38. The van der Waals surface area contributed by atoms with Crippen molar-refractivity contribution in [3.63, 3.8) is 0 Å². The highest BCUT2D eigenvalue weighted by atomic mass is 32.2. The van der Waals surface area contributed by atoms with Crippen LogP contribution in [0.4, 0.5) is 0 Å². The van der Waals surface area contributed by atoms with Crippen LogP contribution in [0.1, 0.15) is 35.4 Å². The number of hydrogen-bond donors (Lipinski definition) is 0. The lowest BCUT2D eigenvalue weighted by molar-refractivity contribution is -0.0190. The Labute approximate surface area is 163 Å². The normalized spacial score (nSPS) is 20.5. The second-order valence-electron chi connectivity index (χ2n) is 6.79. The SMILES string of the molecule is CSc1ccc([C@H]2Oc3ccccc3[C@H]3CC(c4ccccc4)=NN32)cc1. The van der Waals surface area contributed by atoms with Gasteiger partial charge in [0.05, 0.1) is 11.8 Å². The van der Waals surface area contributed by atoms with Crippen LogP contribution in [-0.4, -0.2) is 17.0 Å². The maximum absolute atomic E-state index is 6.40. The van der Waals surface area contributed by atoms with Gasteiger partial charge in [-0.05, 0) is 30.0 Å². The minimum absolute atomic E-state index is 0.204. The van der Waals surface area contributed by atoms with E-state index in [-0.39, 0.29) is 12.3 Å². The van der Waals surface area contributed by atoms with Gasteiger partial charge in [-0.25, -0.2) is 5.01 Å². The summed E-state index contributed by atoms with van der Waals surface area (Å²) in [6.45, 7) is 0. The first-order valence-electron chi connectivity index (χ1n) is 9.14. The molecular formula is C23H20N2OS. The van der Waals surface area contributed by atoms with Gasteiger partial charge < -0.3 is 4.74 Å². The van der Waals surface area contributed by atoms with Crippen molar-refractivity contribution in [1.82, 2.24) is 5.01 Å². The highest BCUT2D eigenvalue weighted by molar-refractivity contribution is 7.98. The molecule has 0 amide bonds. The van der Waals surface area contributed by atoms with Crippen LogP contribution < -0.4 is 4.74 Å². The average Bonchev–Trinajstić information content (AvgIpc) is 3.20. The number of thioether (sulfide) groups is 1. The standard InChI is InChI=1S/C23H20N2OS/c1-27-18-13-11-17(12-14-18)23-25-21(19-9-5-6-10-22(19)26-23)15-20(24-25)16-7-3-2-4-8-16/h2-14,21,23H,15H2,1H3/t21-,23-/m1/s1. The van der Waals surface area contributed by atoms with Crippen LogP contribution in [0, 0.1) is 0 Å². The second-order valence-corrected chi connectivity index (χ2v) is 7.67. The molecule has 5 rings (SSSR count). The van der Waals surface area contributed by atoms with E-state index in [1.165, 1.54) is 16.0 Å². The summed E-state index contributed by atoms with van der Waals surface area (Å²) < 4.78 is 6.40. The molecular weight excluding hydrogens is 352 g/mol. The van der Waals surface area contributed by atoms with Crippen molar-refractivity contribution < 1.29 is 4.74 Å². The lowest BCUT2D eigenvalue weighted by Crippen LogP contribution is -2.33. The summed E-state index contributed by atoms with van der Waals surface area (Å²) in [7, 11) is 0. The summed E-state index contributed by atoms with van der Waals surface area (Å²) in [6.07, 6.45) is 2.78. The predicted molar refractivity (Wildman–Crippen MR) is 110 cm³/mol. The summed E-state index contributed by atoms with van der Waals surface area (Å²) in [5.74, 6) is 0.960. The smallest absolute Gasteiger partial charge is 0.213 e. The number of para-hydroxylation sites is 1. The third-order valence-corrected chi connectivity index (χ3v) is 5.95. The van der Waals surface area contributed by atoms with Crippen LogP contribution in [-0.2, 0) is 0 Å². The van der Waals surface area contributed by atoms with Crippen LogP contribution in [0.15, 0.2) is 88.9 Å². The molecule has 0 bridgehead atoms. The highest BCUT2D eigenvalue weighted by Gasteiger charge is 2.40. The van der Waals surface area contributed by atoms with E-state index in [1.54, 1.807) is 11.8 Å². The molecule has 2 atom stereocenters. The monoisotopic (exact) mass is 372 g/mol. The molecule has 0 unspecified atom stereocenters. The number of hydrogen-bond acceptors (Lipinski definition) is 4. The molecule has 27 heavy (non-hydrogen) atoms. The van der Waals surface area contributed by atoms with Gasteiger partial charge in [-0.1, -0.05) is 60.7 Å². The number of hydrazone groups is 1. The van der Waals surface area contributed by atoms with Crippen LogP contribution in [0.3, 0.4) is 0 Å². The number of rotatable bonds is 3. The van der Waals surface area contributed by atoms with Crippen molar-refractivity contribution in [2.24, 2.45) is 5.10 Å². The summed E-state index contributed by atoms with van der Waals surface area (Å²) in [6, 6.07) is 27.6. The maximum Gasteiger partial charge on any atom is 0.213 e. The summed E-state index contributed by atoms with van der Waals surface area (Å²) in [4.78, 5) is 1.25. The predicted octanol–water partition coefficient (Wildman–Crippen LogP) is 5.65. The van der Waals surface area contributed by atoms with E-state index in [1.807, 2.05) is 12.1 Å². The van der Waals surface area contributed by atoms with E-state index >= 15 is 0 Å². The molecule has 3 aromatic rings. The number of fused-ring (bicyclic) bond motifs is 3. The zero-order valence-electron chi connectivity index (χ0n) is 15.1. The maximum atomic E-state index is 6.40. The van der Waals surface area contributed by atoms with Crippen LogP contribution in [0.2, 0.25) is 0 Å². The number of ether oxygens (including phenoxy) is 1. The Morgan fingerprint density at radius 2 is 1.67 bits per heavy atom. The lowest BCUT2D eigenvalue weighted by atomic mass is 9.96. The quantitative estimate of drug-likeness (QED) is 0.555. The molecule has 4 heteroatoms. The molecule has 2 aliphatic rings. The first-order chi connectivity index (χ1) is 13.3.